The number of likely N-dealkylation sites (N-methyl/N-ethyl adjacent to an activating group) is 1. The lowest BCUT2D eigenvalue weighted by Crippen LogP contribution is -2.36. The predicted octanol–water partition coefficient (Wildman–Crippen LogP) is 3.91. The highest BCUT2D eigenvalue weighted by Gasteiger charge is 2.39. The maximum Gasteiger partial charge on any atom is 0.411 e. The summed E-state index contributed by atoms with van der Waals surface area (Å²) in [5, 5.41) is 2.80. The zero-order chi connectivity index (χ0) is 18.4. The molecule has 1 aliphatic rings. The highest BCUT2D eigenvalue weighted by molar-refractivity contribution is 5.86. The van der Waals surface area contributed by atoms with E-state index in [1.807, 2.05) is 49.4 Å². The lowest BCUT2D eigenvalue weighted by atomic mass is 9.80. The second-order valence-corrected chi connectivity index (χ2v) is 6.76. The molecule has 0 unspecified atom stereocenters. The Kier molecular flexibility index (Phi) is 5.78. The molecule has 1 N–H and O–H groups in total. The number of para-hydroxylation sites is 2. The van der Waals surface area contributed by atoms with Crippen molar-refractivity contribution in [2.24, 2.45) is 0 Å². The molecule has 1 saturated heterocycles. The third kappa shape index (κ3) is 4.17. The standard InChI is InChI=1S/C21H26N2O3/c1-3-25-19-12-8-7-11-18(19)22-20(24)26-16-21(13-14-23(2)15-21)17-9-5-4-6-10-17/h4-12H,3,13-16H2,1-2H3,(H,22,24)/t21-/m1/s1. The van der Waals surface area contributed by atoms with Crippen LogP contribution in [0.15, 0.2) is 54.6 Å². The van der Waals surface area contributed by atoms with Crippen molar-refractivity contribution in [3.8, 4) is 5.75 Å². The van der Waals surface area contributed by atoms with Crippen LogP contribution in [0.2, 0.25) is 0 Å². The van der Waals surface area contributed by atoms with Crippen molar-refractivity contribution in [1.29, 1.82) is 0 Å². The van der Waals surface area contributed by atoms with Gasteiger partial charge in [0.2, 0.25) is 0 Å². The molecule has 0 saturated carbocycles. The summed E-state index contributed by atoms with van der Waals surface area (Å²) in [5.41, 5.74) is 1.68. The fourth-order valence-corrected chi connectivity index (χ4v) is 3.51. The summed E-state index contributed by atoms with van der Waals surface area (Å²) in [4.78, 5) is 14.7. The second kappa shape index (κ2) is 8.23. The molecule has 1 aliphatic heterocycles. The smallest absolute Gasteiger partial charge is 0.411 e. The van der Waals surface area contributed by atoms with Crippen molar-refractivity contribution in [3.05, 3.63) is 60.2 Å². The van der Waals surface area contributed by atoms with Gasteiger partial charge in [-0.2, -0.15) is 0 Å². The minimum atomic E-state index is -0.456. The van der Waals surface area contributed by atoms with Gasteiger partial charge in [0.25, 0.3) is 0 Å². The number of carbonyl (C=O) groups is 1. The van der Waals surface area contributed by atoms with Crippen LogP contribution in [0.5, 0.6) is 5.75 Å². The van der Waals surface area contributed by atoms with Crippen LogP contribution in [0.25, 0.3) is 0 Å². The monoisotopic (exact) mass is 354 g/mol. The molecule has 0 spiro atoms. The lowest BCUT2D eigenvalue weighted by molar-refractivity contribution is 0.129. The van der Waals surface area contributed by atoms with Gasteiger partial charge in [-0.3, -0.25) is 5.32 Å². The molecule has 5 nitrogen and oxygen atoms in total. The zero-order valence-corrected chi connectivity index (χ0v) is 15.4. The summed E-state index contributed by atoms with van der Waals surface area (Å²) in [6.07, 6.45) is 0.512. The first kappa shape index (κ1) is 18.3. The Balaban J connectivity index is 1.67. The number of nitrogens with one attached hydrogen (secondary N) is 1. The Hall–Kier alpha value is -2.53. The Morgan fingerprint density at radius 2 is 1.88 bits per heavy atom. The number of hydrogen-bond donors (Lipinski definition) is 1. The van der Waals surface area contributed by atoms with Crippen molar-refractivity contribution < 1.29 is 14.3 Å². The summed E-state index contributed by atoms with van der Waals surface area (Å²) in [7, 11) is 2.10. The highest BCUT2D eigenvalue weighted by Crippen LogP contribution is 2.34. The molecule has 5 heteroatoms. The molecule has 0 radical (unpaired) electrons. The molecule has 2 aromatic carbocycles. The number of nitrogens with zero attached hydrogens (tertiary/aromatic N) is 1. The molecule has 0 aliphatic carbocycles. The van der Waals surface area contributed by atoms with Crippen LogP contribution in [0.1, 0.15) is 18.9 Å². The van der Waals surface area contributed by atoms with Crippen molar-refractivity contribution >= 4 is 11.8 Å². The third-order valence-corrected chi connectivity index (χ3v) is 4.83. The molecular weight excluding hydrogens is 328 g/mol. The normalized spacial score (nSPS) is 19.9. The molecule has 1 atom stereocenters. The van der Waals surface area contributed by atoms with Crippen LogP contribution in [-0.4, -0.2) is 44.3 Å². The number of hydrogen-bond acceptors (Lipinski definition) is 4. The molecule has 138 valence electrons. The SMILES string of the molecule is CCOc1ccccc1NC(=O)OC[C@@]1(c2ccccc2)CCN(C)C1. The lowest BCUT2D eigenvalue weighted by Gasteiger charge is -2.29. The summed E-state index contributed by atoms with van der Waals surface area (Å²) in [6.45, 7) is 4.67. The van der Waals surface area contributed by atoms with Crippen molar-refractivity contribution in [1.82, 2.24) is 4.90 Å². The van der Waals surface area contributed by atoms with Gasteiger partial charge in [-0.15, -0.1) is 0 Å². The highest BCUT2D eigenvalue weighted by atomic mass is 16.5. The van der Waals surface area contributed by atoms with Crippen LogP contribution in [0.4, 0.5) is 10.5 Å². The molecule has 3 rings (SSSR count). The molecular formula is C21H26N2O3. The van der Waals surface area contributed by atoms with Crippen molar-refractivity contribution in [3.63, 3.8) is 0 Å². The molecule has 1 fully saturated rings. The van der Waals surface area contributed by atoms with Gasteiger partial charge in [-0.05, 0) is 44.6 Å². The average Bonchev–Trinajstić information content (AvgIpc) is 3.05. The second-order valence-electron chi connectivity index (χ2n) is 6.76. The number of anilines is 1. The van der Waals surface area contributed by atoms with E-state index in [9.17, 15) is 4.79 Å². The van der Waals surface area contributed by atoms with E-state index in [0.717, 1.165) is 19.5 Å². The van der Waals surface area contributed by atoms with E-state index in [-0.39, 0.29) is 5.41 Å². The van der Waals surface area contributed by atoms with E-state index in [2.05, 4.69) is 29.4 Å². The summed E-state index contributed by atoms with van der Waals surface area (Å²) in [6, 6.07) is 17.7. The Labute approximate surface area is 154 Å². The van der Waals surface area contributed by atoms with Crippen LogP contribution in [0.3, 0.4) is 0 Å². The number of amides is 1. The van der Waals surface area contributed by atoms with Gasteiger partial charge in [-0.25, -0.2) is 4.79 Å². The average molecular weight is 354 g/mol. The maximum absolute atomic E-state index is 12.4. The minimum Gasteiger partial charge on any atom is -0.492 e. The summed E-state index contributed by atoms with van der Waals surface area (Å²) in [5.74, 6) is 0.644. The number of likely N-dealkylation sites (tertiary alicyclic amines) is 1. The van der Waals surface area contributed by atoms with E-state index >= 15 is 0 Å². The first-order valence-electron chi connectivity index (χ1n) is 9.03. The van der Waals surface area contributed by atoms with Crippen LogP contribution < -0.4 is 10.1 Å². The van der Waals surface area contributed by atoms with Gasteiger partial charge in [0.1, 0.15) is 12.4 Å². The maximum atomic E-state index is 12.4. The molecule has 1 amide bonds. The Morgan fingerprint density at radius 3 is 2.58 bits per heavy atom. The molecule has 26 heavy (non-hydrogen) atoms. The Morgan fingerprint density at radius 1 is 1.15 bits per heavy atom. The van der Waals surface area contributed by atoms with Gasteiger partial charge < -0.3 is 14.4 Å². The number of rotatable bonds is 6. The third-order valence-electron chi connectivity index (χ3n) is 4.83. The van der Waals surface area contributed by atoms with Crippen molar-refractivity contribution in [2.45, 2.75) is 18.8 Å². The van der Waals surface area contributed by atoms with Gasteiger partial charge >= 0.3 is 6.09 Å². The predicted molar refractivity (Wildman–Crippen MR) is 103 cm³/mol. The van der Waals surface area contributed by atoms with Crippen molar-refractivity contribution in [2.75, 3.05) is 38.7 Å². The van der Waals surface area contributed by atoms with Crippen LogP contribution >= 0.6 is 0 Å². The van der Waals surface area contributed by atoms with Gasteiger partial charge in [0.05, 0.1) is 12.3 Å². The van der Waals surface area contributed by atoms with E-state index in [4.69, 9.17) is 9.47 Å². The van der Waals surface area contributed by atoms with E-state index < -0.39 is 6.09 Å². The van der Waals surface area contributed by atoms with E-state index in [0.29, 0.717) is 24.7 Å². The fourth-order valence-electron chi connectivity index (χ4n) is 3.51. The molecule has 1 heterocycles. The van der Waals surface area contributed by atoms with Crippen LogP contribution in [-0.2, 0) is 10.2 Å². The fraction of sp³-hybridized carbons (Fsp3) is 0.381. The van der Waals surface area contributed by atoms with Gasteiger partial charge in [0.15, 0.2) is 0 Å². The quantitative estimate of drug-likeness (QED) is 0.855. The first-order chi connectivity index (χ1) is 12.6. The number of benzene rings is 2. The minimum absolute atomic E-state index is 0.160. The zero-order valence-electron chi connectivity index (χ0n) is 15.4. The van der Waals surface area contributed by atoms with Crippen LogP contribution in [0, 0.1) is 0 Å². The Bertz CT molecular complexity index is 735. The van der Waals surface area contributed by atoms with E-state index in [1.54, 1.807) is 0 Å². The largest absolute Gasteiger partial charge is 0.492 e. The molecule has 2 aromatic rings. The first-order valence-corrected chi connectivity index (χ1v) is 9.03. The summed E-state index contributed by atoms with van der Waals surface area (Å²) >= 11 is 0. The van der Waals surface area contributed by atoms with Gasteiger partial charge in [-0.1, -0.05) is 42.5 Å². The van der Waals surface area contributed by atoms with Gasteiger partial charge in [0, 0.05) is 12.0 Å². The number of ether oxygens (including phenoxy) is 2. The molecule has 0 bridgehead atoms. The topological polar surface area (TPSA) is 50.8 Å². The van der Waals surface area contributed by atoms with E-state index in [1.165, 1.54) is 5.56 Å². The summed E-state index contributed by atoms with van der Waals surface area (Å²) < 4.78 is 11.2. The molecule has 0 aromatic heterocycles. The number of carbonyl (C=O) groups excluding carboxylic acids is 1.